The van der Waals surface area contributed by atoms with Crippen molar-refractivity contribution in [3.63, 3.8) is 0 Å². The van der Waals surface area contributed by atoms with Gasteiger partial charge in [-0.05, 0) is 61.8 Å². The molecule has 0 saturated carbocycles. The van der Waals surface area contributed by atoms with Gasteiger partial charge in [0.2, 0.25) is 0 Å². The van der Waals surface area contributed by atoms with Crippen LogP contribution in [0.2, 0.25) is 0 Å². The van der Waals surface area contributed by atoms with E-state index in [1.165, 1.54) is 29.9 Å². The van der Waals surface area contributed by atoms with Gasteiger partial charge in [0.15, 0.2) is 0 Å². The number of ether oxygens (including phenoxy) is 1. The molecule has 1 N–H and O–H groups in total. The highest BCUT2D eigenvalue weighted by Crippen LogP contribution is 2.38. The van der Waals surface area contributed by atoms with E-state index in [0.717, 1.165) is 30.7 Å². The summed E-state index contributed by atoms with van der Waals surface area (Å²) < 4.78 is 6.14. The largest absolute Gasteiger partial charge is 0.382 e. The second-order valence-electron chi connectivity index (χ2n) is 6.12. The molecule has 112 valence electrons. The number of rotatable bonds is 2. The van der Waals surface area contributed by atoms with Crippen LogP contribution in [-0.2, 0) is 4.74 Å². The molecule has 2 aliphatic rings. The molecule has 0 aliphatic carbocycles. The monoisotopic (exact) mass is 302 g/mol. The minimum atomic E-state index is 0.0991. The van der Waals surface area contributed by atoms with Gasteiger partial charge in [-0.15, -0.1) is 0 Å². The van der Waals surface area contributed by atoms with Crippen LogP contribution in [0.3, 0.4) is 0 Å². The zero-order valence-corrected chi connectivity index (χ0v) is 13.3. The van der Waals surface area contributed by atoms with Gasteiger partial charge in [-0.3, -0.25) is 0 Å². The van der Waals surface area contributed by atoms with Gasteiger partial charge in [0.1, 0.15) is 0 Å². The zero-order chi connectivity index (χ0) is 14.7. The molecular formula is C17H22N2OS. The van der Waals surface area contributed by atoms with Crippen LogP contribution in [0.25, 0.3) is 0 Å². The van der Waals surface area contributed by atoms with Gasteiger partial charge in [-0.25, -0.2) is 0 Å². The van der Waals surface area contributed by atoms with Crippen LogP contribution in [0.1, 0.15) is 36.8 Å². The fourth-order valence-electron chi connectivity index (χ4n) is 3.31. The van der Waals surface area contributed by atoms with Crippen molar-refractivity contribution in [1.82, 2.24) is 0 Å². The summed E-state index contributed by atoms with van der Waals surface area (Å²) in [5.74, 6) is 2.44. The van der Waals surface area contributed by atoms with E-state index in [9.17, 15) is 0 Å². The van der Waals surface area contributed by atoms with E-state index in [-0.39, 0.29) is 5.60 Å². The van der Waals surface area contributed by atoms with Crippen molar-refractivity contribution in [2.75, 3.05) is 23.4 Å². The molecule has 3 rings (SSSR count). The van der Waals surface area contributed by atoms with Crippen molar-refractivity contribution in [3.8, 4) is 6.07 Å². The molecule has 0 aromatic heterocycles. The highest BCUT2D eigenvalue weighted by atomic mass is 32.2. The number of nitriles is 1. The summed E-state index contributed by atoms with van der Waals surface area (Å²) in [5, 5.41) is 12.7. The third-order valence-electron chi connectivity index (χ3n) is 4.62. The number of nitrogens with one attached hydrogen (secondary N) is 1. The molecule has 2 aliphatic heterocycles. The third-order valence-corrected chi connectivity index (χ3v) is 5.61. The smallest absolute Gasteiger partial charge is 0.0992 e. The molecule has 2 saturated heterocycles. The summed E-state index contributed by atoms with van der Waals surface area (Å²) in [4.78, 5) is 0. The average Bonchev–Trinajstić information content (AvgIpc) is 2.50. The summed E-state index contributed by atoms with van der Waals surface area (Å²) in [7, 11) is 0. The van der Waals surface area contributed by atoms with Crippen molar-refractivity contribution in [2.45, 2.75) is 44.2 Å². The topological polar surface area (TPSA) is 45.0 Å². The maximum absolute atomic E-state index is 9.06. The summed E-state index contributed by atoms with van der Waals surface area (Å²) in [6.45, 7) is 2.94. The summed E-state index contributed by atoms with van der Waals surface area (Å²) >= 11 is 2.04. The van der Waals surface area contributed by atoms with E-state index < -0.39 is 0 Å². The quantitative estimate of drug-likeness (QED) is 0.904. The number of benzene rings is 1. The summed E-state index contributed by atoms with van der Waals surface area (Å²) in [6, 6.07) is 8.54. The van der Waals surface area contributed by atoms with Crippen LogP contribution >= 0.6 is 11.8 Å². The average molecular weight is 302 g/mol. The number of aryl methyl sites for hydroxylation is 1. The van der Waals surface area contributed by atoms with Gasteiger partial charge in [0.05, 0.1) is 17.2 Å². The Balaban J connectivity index is 1.71. The van der Waals surface area contributed by atoms with Gasteiger partial charge in [-0.1, -0.05) is 6.07 Å². The highest BCUT2D eigenvalue weighted by molar-refractivity contribution is 7.99. The molecule has 2 heterocycles. The molecule has 4 heteroatoms. The van der Waals surface area contributed by atoms with Crippen molar-refractivity contribution in [1.29, 1.82) is 5.26 Å². The van der Waals surface area contributed by atoms with Gasteiger partial charge in [0, 0.05) is 18.3 Å². The lowest BCUT2D eigenvalue weighted by Gasteiger charge is -2.43. The van der Waals surface area contributed by atoms with Crippen molar-refractivity contribution < 1.29 is 4.74 Å². The first-order chi connectivity index (χ1) is 10.2. The first-order valence-corrected chi connectivity index (χ1v) is 8.85. The fraction of sp³-hybridized carbons (Fsp3) is 0.588. The Morgan fingerprint density at radius 1 is 1.38 bits per heavy atom. The Morgan fingerprint density at radius 3 is 2.95 bits per heavy atom. The van der Waals surface area contributed by atoms with E-state index >= 15 is 0 Å². The number of thioether (sulfide) groups is 1. The third kappa shape index (κ3) is 3.36. The number of hydrogen-bond donors (Lipinski definition) is 1. The molecule has 1 aromatic carbocycles. The maximum Gasteiger partial charge on any atom is 0.0992 e. The highest BCUT2D eigenvalue weighted by Gasteiger charge is 2.38. The molecule has 1 atom stereocenters. The van der Waals surface area contributed by atoms with Gasteiger partial charge >= 0.3 is 0 Å². The molecule has 1 unspecified atom stereocenters. The molecule has 1 aromatic rings. The number of hydrogen-bond acceptors (Lipinski definition) is 4. The molecule has 3 nitrogen and oxygen atoms in total. The molecule has 1 spiro atoms. The van der Waals surface area contributed by atoms with Crippen LogP contribution < -0.4 is 5.32 Å². The minimum absolute atomic E-state index is 0.0991. The van der Waals surface area contributed by atoms with Crippen molar-refractivity contribution in [2.24, 2.45) is 0 Å². The lowest BCUT2D eigenvalue weighted by atomic mass is 9.85. The van der Waals surface area contributed by atoms with Crippen molar-refractivity contribution >= 4 is 17.4 Å². The fourth-order valence-corrected chi connectivity index (χ4v) is 4.55. The van der Waals surface area contributed by atoms with Crippen LogP contribution in [0.4, 0.5) is 5.69 Å². The van der Waals surface area contributed by atoms with E-state index in [4.69, 9.17) is 10.00 Å². The van der Waals surface area contributed by atoms with E-state index in [0.29, 0.717) is 6.04 Å². The molecular weight excluding hydrogens is 280 g/mol. The lowest BCUT2D eigenvalue weighted by molar-refractivity contribution is -0.0865. The molecule has 0 amide bonds. The first kappa shape index (κ1) is 14.7. The maximum atomic E-state index is 9.06. The lowest BCUT2D eigenvalue weighted by Crippen LogP contribution is -2.46. The van der Waals surface area contributed by atoms with Crippen LogP contribution in [0.5, 0.6) is 0 Å². The molecule has 0 radical (unpaired) electrons. The SMILES string of the molecule is Cc1ccc(C#N)cc1NC1CCOC2(CCSCC2)C1. The van der Waals surface area contributed by atoms with Crippen LogP contribution in [0, 0.1) is 18.3 Å². The Hall–Kier alpha value is -1.18. The standard InChI is InChI=1S/C17H22N2OS/c1-13-2-3-14(12-18)10-16(13)19-15-4-7-20-17(11-15)5-8-21-9-6-17/h2-3,10,15,19H,4-9,11H2,1H3. The van der Waals surface area contributed by atoms with Gasteiger partial charge in [-0.2, -0.15) is 17.0 Å². The van der Waals surface area contributed by atoms with Crippen molar-refractivity contribution in [3.05, 3.63) is 29.3 Å². The predicted octanol–water partition coefficient (Wildman–Crippen LogP) is 3.72. The second-order valence-corrected chi connectivity index (χ2v) is 7.34. The van der Waals surface area contributed by atoms with E-state index in [2.05, 4.69) is 18.3 Å². The Kier molecular flexibility index (Phi) is 4.42. The molecule has 0 bridgehead atoms. The second kappa shape index (κ2) is 6.29. The van der Waals surface area contributed by atoms with Crippen LogP contribution in [-0.4, -0.2) is 29.8 Å². The normalized spacial score (nSPS) is 24.5. The van der Waals surface area contributed by atoms with E-state index in [1.54, 1.807) is 0 Å². The van der Waals surface area contributed by atoms with Gasteiger partial charge in [0.25, 0.3) is 0 Å². The summed E-state index contributed by atoms with van der Waals surface area (Å²) in [6.07, 6.45) is 4.48. The number of anilines is 1. The first-order valence-electron chi connectivity index (χ1n) is 7.70. The Bertz CT molecular complexity index is 541. The van der Waals surface area contributed by atoms with E-state index in [1.807, 2.05) is 30.0 Å². The molecule has 2 fully saturated rings. The predicted molar refractivity (Wildman–Crippen MR) is 87.8 cm³/mol. The van der Waals surface area contributed by atoms with Crippen LogP contribution in [0.15, 0.2) is 18.2 Å². The number of nitrogens with zero attached hydrogens (tertiary/aromatic N) is 1. The Labute approximate surface area is 131 Å². The van der Waals surface area contributed by atoms with Gasteiger partial charge < -0.3 is 10.1 Å². The summed E-state index contributed by atoms with van der Waals surface area (Å²) in [5.41, 5.74) is 3.12. The minimum Gasteiger partial charge on any atom is -0.382 e. The molecule has 21 heavy (non-hydrogen) atoms. The zero-order valence-electron chi connectivity index (χ0n) is 12.5. The Morgan fingerprint density at radius 2 is 2.19 bits per heavy atom.